The minimum absolute atomic E-state index is 0.00440. The van der Waals surface area contributed by atoms with Gasteiger partial charge in [0.2, 0.25) is 10.0 Å². The van der Waals surface area contributed by atoms with Crippen LogP contribution >= 0.6 is 0 Å². The molecule has 0 aliphatic heterocycles. The van der Waals surface area contributed by atoms with Gasteiger partial charge in [0.05, 0.1) is 19.9 Å². The fourth-order valence-corrected chi connectivity index (χ4v) is 2.89. The standard InChI is InChI=1S/C11H18N2O4S/c1-7(2)13-18(14,15)11-6-9(16-3)8(12)5-10(11)17-4/h5-7,13H,12H2,1-4H3. The Hall–Kier alpha value is -1.47. The first-order valence-corrected chi connectivity index (χ1v) is 6.84. The van der Waals surface area contributed by atoms with Gasteiger partial charge in [-0.15, -0.1) is 0 Å². The second-order valence-corrected chi connectivity index (χ2v) is 5.70. The van der Waals surface area contributed by atoms with Crippen LogP contribution in [-0.4, -0.2) is 28.7 Å². The molecule has 0 unspecified atom stereocenters. The Morgan fingerprint density at radius 1 is 1.17 bits per heavy atom. The zero-order valence-corrected chi connectivity index (χ0v) is 11.7. The summed E-state index contributed by atoms with van der Waals surface area (Å²) < 4.78 is 36.8. The summed E-state index contributed by atoms with van der Waals surface area (Å²) in [5.74, 6) is 0.474. The highest BCUT2D eigenvalue weighted by atomic mass is 32.2. The van der Waals surface area contributed by atoms with Crippen LogP contribution in [-0.2, 0) is 10.0 Å². The van der Waals surface area contributed by atoms with Crippen LogP contribution in [0.25, 0.3) is 0 Å². The van der Waals surface area contributed by atoms with Gasteiger partial charge in [-0.2, -0.15) is 0 Å². The molecular weight excluding hydrogens is 256 g/mol. The third-order valence-corrected chi connectivity index (χ3v) is 3.88. The zero-order valence-electron chi connectivity index (χ0n) is 10.9. The van der Waals surface area contributed by atoms with Crippen molar-refractivity contribution < 1.29 is 17.9 Å². The summed E-state index contributed by atoms with van der Waals surface area (Å²) >= 11 is 0. The number of anilines is 1. The summed E-state index contributed by atoms with van der Waals surface area (Å²) in [6.45, 7) is 3.47. The second kappa shape index (κ2) is 5.45. The predicted molar refractivity (Wildman–Crippen MR) is 69.4 cm³/mol. The summed E-state index contributed by atoms with van der Waals surface area (Å²) in [5, 5.41) is 0. The number of nitrogens with one attached hydrogen (secondary N) is 1. The molecule has 7 heteroatoms. The number of ether oxygens (including phenoxy) is 2. The monoisotopic (exact) mass is 274 g/mol. The fourth-order valence-electron chi connectivity index (χ4n) is 1.48. The molecule has 0 aromatic heterocycles. The maximum atomic E-state index is 12.1. The number of nitrogens with two attached hydrogens (primary N) is 1. The van der Waals surface area contributed by atoms with Crippen molar-refractivity contribution in [2.45, 2.75) is 24.8 Å². The molecule has 0 heterocycles. The molecule has 102 valence electrons. The predicted octanol–water partition coefficient (Wildman–Crippen LogP) is 0.973. The maximum Gasteiger partial charge on any atom is 0.244 e. The first kappa shape index (κ1) is 14.6. The summed E-state index contributed by atoms with van der Waals surface area (Å²) in [7, 11) is -0.857. The van der Waals surface area contributed by atoms with Crippen LogP contribution in [0.5, 0.6) is 11.5 Å². The van der Waals surface area contributed by atoms with Crippen LogP contribution in [0.3, 0.4) is 0 Å². The number of sulfonamides is 1. The number of rotatable bonds is 5. The van der Waals surface area contributed by atoms with E-state index < -0.39 is 10.0 Å². The molecule has 0 bridgehead atoms. The average Bonchev–Trinajstić information content (AvgIpc) is 2.26. The lowest BCUT2D eigenvalue weighted by Gasteiger charge is -2.15. The molecule has 1 aromatic rings. The van der Waals surface area contributed by atoms with E-state index in [1.54, 1.807) is 13.8 Å². The largest absolute Gasteiger partial charge is 0.495 e. The highest BCUT2D eigenvalue weighted by Crippen LogP contribution is 2.33. The first-order chi connectivity index (χ1) is 8.31. The van der Waals surface area contributed by atoms with E-state index in [2.05, 4.69) is 4.72 Å². The van der Waals surface area contributed by atoms with E-state index >= 15 is 0 Å². The SMILES string of the molecule is COc1cc(S(=O)(=O)NC(C)C)c(OC)cc1N. The minimum atomic E-state index is -3.66. The van der Waals surface area contributed by atoms with Crippen molar-refractivity contribution in [3.8, 4) is 11.5 Å². The average molecular weight is 274 g/mol. The van der Waals surface area contributed by atoms with Crippen molar-refractivity contribution in [1.82, 2.24) is 4.72 Å². The number of nitrogen functional groups attached to an aromatic ring is 1. The van der Waals surface area contributed by atoms with E-state index in [0.717, 1.165) is 0 Å². The Balaban J connectivity index is 3.38. The fraction of sp³-hybridized carbons (Fsp3) is 0.455. The molecule has 0 radical (unpaired) electrons. The van der Waals surface area contributed by atoms with E-state index in [4.69, 9.17) is 15.2 Å². The molecular formula is C11H18N2O4S. The summed E-state index contributed by atoms with van der Waals surface area (Å²) in [5.41, 5.74) is 6.02. The van der Waals surface area contributed by atoms with Gasteiger partial charge in [0.15, 0.2) is 0 Å². The summed E-state index contributed by atoms with van der Waals surface area (Å²) in [6.07, 6.45) is 0. The Morgan fingerprint density at radius 3 is 2.17 bits per heavy atom. The first-order valence-electron chi connectivity index (χ1n) is 5.35. The molecule has 0 atom stereocenters. The molecule has 3 N–H and O–H groups in total. The third-order valence-electron chi connectivity index (χ3n) is 2.20. The zero-order chi connectivity index (χ0) is 13.9. The number of hydrogen-bond acceptors (Lipinski definition) is 5. The molecule has 0 saturated carbocycles. The van der Waals surface area contributed by atoms with Crippen molar-refractivity contribution in [2.24, 2.45) is 0 Å². The Morgan fingerprint density at radius 2 is 1.72 bits per heavy atom. The molecule has 0 saturated heterocycles. The number of methoxy groups -OCH3 is 2. The van der Waals surface area contributed by atoms with E-state index in [-0.39, 0.29) is 16.7 Å². The lowest BCUT2D eigenvalue weighted by atomic mass is 10.3. The number of hydrogen-bond donors (Lipinski definition) is 2. The van der Waals surface area contributed by atoms with Crippen molar-refractivity contribution in [1.29, 1.82) is 0 Å². The van der Waals surface area contributed by atoms with Gasteiger partial charge in [0.1, 0.15) is 16.4 Å². The second-order valence-electron chi connectivity index (χ2n) is 4.02. The van der Waals surface area contributed by atoms with Gasteiger partial charge >= 0.3 is 0 Å². The number of benzene rings is 1. The third kappa shape index (κ3) is 3.05. The topological polar surface area (TPSA) is 90.7 Å². The highest BCUT2D eigenvalue weighted by molar-refractivity contribution is 7.89. The Kier molecular flexibility index (Phi) is 4.42. The van der Waals surface area contributed by atoms with Crippen LogP contribution in [0.1, 0.15) is 13.8 Å². The summed E-state index contributed by atoms with van der Waals surface area (Å²) in [6, 6.07) is 2.55. The van der Waals surface area contributed by atoms with Gasteiger partial charge in [-0.25, -0.2) is 13.1 Å². The van der Waals surface area contributed by atoms with Gasteiger partial charge in [-0.05, 0) is 13.8 Å². The Labute approximate surface area is 107 Å². The van der Waals surface area contributed by atoms with Gasteiger partial charge in [0.25, 0.3) is 0 Å². The highest BCUT2D eigenvalue weighted by Gasteiger charge is 2.22. The smallest absolute Gasteiger partial charge is 0.244 e. The molecule has 18 heavy (non-hydrogen) atoms. The van der Waals surface area contributed by atoms with E-state index in [9.17, 15) is 8.42 Å². The molecule has 0 amide bonds. The molecule has 0 aliphatic rings. The van der Waals surface area contributed by atoms with Crippen molar-refractivity contribution in [3.63, 3.8) is 0 Å². The van der Waals surface area contributed by atoms with Crippen molar-refractivity contribution in [2.75, 3.05) is 20.0 Å². The Bertz CT molecular complexity index is 526. The van der Waals surface area contributed by atoms with Crippen LogP contribution in [0.4, 0.5) is 5.69 Å². The normalized spacial score (nSPS) is 11.6. The van der Waals surface area contributed by atoms with Crippen LogP contribution in [0.15, 0.2) is 17.0 Å². The molecule has 0 aliphatic carbocycles. The van der Waals surface area contributed by atoms with Gasteiger partial charge in [-0.3, -0.25) is 0 Å². The molecule has 0 spiro atoms. The molecule has 6 nitrogen and oxygen atoms in total. The van der Waals surface area contributed by atoms with Gasteiger partial charge < -0.3 is 15.2 Å². The van der Waals surface area contributed by atoms with Crippen molar-refractivity contribution in [3.05, 3.63) is 12.1 Å². The lowest BCUT2D eigenvalue weighted by molar-refractivity contribution is 0.393. The minimum Gasteiger partial charge on any atom is -0.495 e. The van der Waals surface area contributed by atoms with Crippen LogP contribution < -0.4 is 19.9 Å². The van der Waals surface area contributed by atoms with Gasteiger partial charge in [-0.1, -0.05) is 0 Å². The van der Waals surface area contributed by atoms with E-state index in [0.29, 0.717) is 11.4 Å². The molecule has 0 fully saturated rings. The quantitative estimate of drug-likeness (QED) is 0.781. The van der Waals surface area contributed by atoms with Crippen LogP contribution in [0.2, 0.25) is 0 Å². The summed E-state index contributed by atoms with van der Waals surface area (Å²) in [4.78, 5) is 0.00440. The van der Waals surface area contributed by atoms with Crippen LogP contribution in [0, 0.1) is 0 Å². The maximum absolute atomic E-state index is 12.1. The van der Waals surface area contributed by atoms with Gasteiger partial charge in [0, 0.05) is 18.2 Å². The van der Waals surface area contributed by atoms with Crippen molar-refractivity contribution >= 4 is 15.7 Å². The van der Waals surface area contributed by atoms with E-state index in [1.807, 2.05) is 0 Å². The molecule has 1 rings (SSSR count). The van der Waals surface area contributed by atoms with E-state index in [1.165, 1.54) is 26.4 Å². The molecule has 1 aromatic carbocycles. The lowest BCUT2D eigenvalue weighted by Crippen LogP contribution is -2.30.